The van der Waals surface area contributed by atoms with E-state index >= 15 is 0 Å². The topological polar surface area (TPSA) is 94.9 Å². The molecule has 7 heteroatoms. The molecular formula is C10H10N4O2S. The third kappa shape index (κ3) is 2.45. The average Bonchev–Trinajstić information content (AvgIpc) is 2.78. The lowest BCUT2D eigenvalue weighted by Crippen LogP contribution is -2.01. The SMILES string of the molecule is NCCc1nnc(-c2ccccc2[N+](=O)[O-])s1. The fourth-order valence-corrected chi connectivity index (χ4v) is 2.29. The number of benzene rings is 1. The van der Waals surface area contributed by atoms with Gasteiger partial charge in [-0.2, -0.15) is 0 Å². The molecule has 6 nitrogen and oxygen atoms in total. The number of nitrogens with zero attached hydrogens (tertiary/aromatic N) is 3. The van der Waals surface area contributed by atoms with Crippen molar-refractivity contribution < 1.29 is 4.92 Å². The van der Waals surface area contributed by atoms with Gasteiger partial charge in [0.25, 0.3) is 5.69 Å². The molecule has 0 aliphatic rings. The summed E-state index contributed by atoms with van der Waals surface area (Å²) in [5, 5.41) is 20.1. The van der Waals surface area contributed by atoms with Crippen molar-refractivity contribution in [3.8, 4) is 10.6 Å². The van der Waals surface area contributed by atoms with E-state index < -0.39 is 4.92 Å². The molecule has 2 N–H and O–H groups in total. The van der Waals surface area contributed by atoms with Gasteiger partial charge in [-0.1, -0.05) is 23.5 Å². The minimum Gasteiger partial charge on any atom is -0.330 e. The first kappa shape index (κ1) is 11.6. The van der Waals surface area contributed by atoms with Crippen LogP contribution in [0.5, 0.6) is 0 Å². The number of hydrogen-bond acceptors (Lipinski definition) is 6. The summed E-state index contributed by atoms with van der Waals surface area (Å²) in [5.41, 5.74) is 5.96. The quantitative estimate of drug-likeness (QED) is 0.657. The van der Waals surface area contributed by atoms with Crippen molar-refractivity contribution in [3.05, 3.63) is 39.4 Å². The number of aromatic nitrogens is 2. The molecular weight excluding hydrogens is 240 g/mol. The summed E-state index contributed by atoms with van der Waals surface area (Å²) >= 11 is 1.34. The van der Waals surface area contributed by atoms with Crippen LogP contribution in [0.1, 0.15) is 5.01 Å². The van der Waals surface area contributed by atoms with Crippen molar-refractivity contribution in [1.82, 2.24) is 10.2 Å². The molecule has 17 heavy (non-hydrogen) atoms. The Bertz CT molecular complexity index is 541. The molecule has 0 aliphatic carbocycles. The van der Waals surface area contributed by atoms with Crippen LogP contribution in [0.25, 0.3) is 10.6 Å². The lowest BCUT2D eigenvalue weighted by molar-refractivity contribution is -0.384. The number of rotatable bonds is 4. The molecule has 0 unspecified atom stereocenters. The second kappa shape index (κ2) is 4.98. The highest BCUT2D eigenvalue weighted by molar-refractivity contribution is 7.14. The highest BCUT2D eigenvalue weighted by Crippen LogP contribution is 2.31. The van der Waals surface area contributed by atoms with E-state index in [1.54, 1.807) is 18.2 Å². The highest BCUT2D eigenvalue weighted by atomic mass is 32.1. The van der Waals surface area contributed by atoms with Gasteiger partial charge in [0.15, 0.2) is 5.01 Å². The van der Waals surface area contributed by atoms with Gasteiger partial charge in [0.2, 0.25) is 0 Å². The summed E-state index contributed by atoms with van der Waals surface area (Å²) in [5.74, 6) is 0. The van der Waals surface area contributed by atoms with Crippen LogP contribution in [0.3, 0.4) is 0 Å². The third-order valence-corrected chi connectivity index (χ3v) is 3.17. The molecule has 0 atom stereocenters. The molecule has 0 saturated carbocycles. The van der Waals surface area contributed by atoms with Crippen LogP contribution in [-0.2, 0) is 6.42 Å². The first-order valence-corrected chi connectivity index (χ1v) is 5.80. The molecule has 0 fully saturated rings. The molecule has 0 saturated heterocycles. The van der Waals surface area contributed by atoms with E-state index in [1.165, 1.54) is 17.4 Å². The Balaban J connectivity index is 2.41. The number of nitro benzene ring substituents is 1. The molecule has 0 bridgehead atoms. The Morgan fingerprint density at radius 3 is 2.82 bits per heavy atom. The molecule has 2 aromatic rings. The van der Waals surface area contributed by atoms with Gasteiger partial charge < -0.3 is 5.73 Å². The number of nitrogens with two attached hydrogens (primary N) is 1. The molecule has 88 valence electrons. The Morgan fingerprint density at radius 1 is 1.35 bits per heavy atom. The summed E-state index contributed by atoms with van der Waals surface area (Å²) in [4.78, 5) is 10.5. The molecule has 0 radical (unpaired) electrons. The first-order chi connectivity index (χ1) is 8.22. The Hall–Kier alpha value is -1.86. The molecule has 0 aliphatic heterocycles. The Morgan fingerprint density at radius 2 is 2.12 bits per heavy atom. The van der Waals surface area contributed by atoms with E-state index in [1.807, 2.05) is 0 Å². The normalized spacial score (nSPS) is 10.4. The maximum atomic E-state index is 10.9. The van der Waals surface area contributed by atoms with Gasteiger partial charge in [-0.15, -0.1) is 10.2 Å². The lowest BCUT2D eigenvalue weighted by Gasteiger charge is -1.96. The predicted molar refractivity (Wildman–Crippen MR) is 64.8 cm³/mol. The van der Waals surface area contributed by atoms with E-state index in [2.05, 4.69) is 10.2 Å². The van der Waals surface area contributed by atoms with Crippen molar-refractivity contribution in [3.63, 3.8) is 0 Å². The summed E-state index contributed by atoms with van der Waals surface area (Å²) in [6.07, 6.45) is 0.637. The summed E-state index contributed by atoms with van der Waals surface area (Å²) < 4.78 is 0. The Labute approximate surface area is 101 Å². The average molecular weight is 250 g/mol. The van der Waals surface area contributed by atoms with Crippen LogP contribution >= 0.6 is 11.3 Å². The largest absolute Gasteiger partial charge is 0.330 e. The van der Waals surface area contributed by atoms with Crippen molar-refractivity contribution in [2.24, 2.45) is 5.73 Å². The van der Waals surface area contributed by atoms with Gasteiger partial charge >= 0.3 is 0 Å². The van der Waals surface area contributed by atoms with Crippen LogP contribution in [0.15, 0.2) is 24.3 Å². The molecule has 0 spiro atoms. The van der Waals surface area contributed by atoms with E-state index in [0.717, 1.165) is 5.01 Å². The van der Waals surface area contributed by atoms with Crippen molar-refractivity contribution in [2.45, 2.75) is 6.42 Å². The summed E-state index contributed by atoms with van der Waals surface area (Å²) in [6, 6.07) is 6.50. The monoisotopic (exact) mass is 250 g/mol. The van der Waals surface area contributed by atoms with Crippen molar-refractivity contribution in [1.29, 1.82) is 0 Å². The van der Waals surface area contributed by atoms with Gasteiger partial charge in [0.1, 0.15) is 5.01 Å². The minimum atomic E-state index is -0.417. The maximum absolute atomic E-state index is 10.9. The number of hydrogen-bond donors (Lipinski definition) is 1. The van der Waals surface area contributed by atoms with E-state index in [-0.39, 0.29) is 5.69 Å². The van der Waals surface area contributed by atoms with Gasteiger partial charge in [-0.25, -0.2) is 0 Å². The van der Waals surface area contributed by atoms with Crippen molar-refractivity contribution >= 4 is 17.0 Å². The summed E-state index contributed by atoms with van der Waals surface area (Å²) in [7, 11) is 0. The summed E-state index contributed by atoms with van der Waals surface area (Å²) in [6.45, 7) is 0.492. The second-order valence-corrected chi connectivity index (χ2v) is 4.38. The molecule has 0 amide bonds. The zero-order chi connectivity index (χ0) is 12.3. The molecule has 1 aromatic carbocycles. The predicted octanol–water partition coefficient (Wildman–Crippen LogP) is 1.61. The number of para-hydroxylation sites is 1. The highest BCUT2D eigenvalue weighted by Gasteiger charge is 2.17. The van der Waals surface area contributed by atoms with Crippen LogP contribution in [0.2, 0.25) is 0 Å². The van der Waals surface area contributed by atoms with Gasteiger partial charge in [0.05, 0.1) is 10.5 Å². The lowest BCUT2D eigenvalue weighted by atomic mass is 10.2. The fraction of sp³-hybridized carbons (Fsp3) is 0.200. The number of nitro groups is 1. The van der Waals surface area contributed by atoms with Crippen molar-refractivity contribution in [2.75, 3.05) is 6.54 Å². The molecule has 1 aromatic heterocycles. The first-order valence-electron chi connectivity index (χ1n) is 4.98. The van der Waals surface area contributed by atoms with Crippen LogP contribution in [-0.4, -0.2) is 21.7 Å². The Kier molecular flexibility index (Phi) is 3.40. The van der Waals surface area contributed by atoms with E-state index in [4.69, 9.17) is 5.73 Å². The van der Waals surface area contributed by atoms with Gasteiger partial charge in [-0.05, 0) is 12.6 Å². The third-order valence-electron chi connectivity index (χ3n) is 2.16. The van der Waals surface area contributed by atoms with Crippen LogP contribution < -0.4 is 5.73 Å². The zero-order valence-corrected chi connectivity index (χ0v) is 9.68. The standard InChI is InChI=1S/C10H10N4O2S/c11-6-5-9-12-13-10(17-9)7-3-1-2-4-8(7)14(15)16/h1-4H,5-6,11H2. The molecule has 1 heterocycles. The van der Waals surface area contributed by atoms with E-state index in [0.29, 0.717) is 23.5 Å². The fourth-order valence-electron chi connectivity index (χ4n) is 1.40. The van der Waals surface area contributed by atoms with E-state index in [9.17, 15) is 10.1 Å². The minimum absolute atomic E-state index is 0.0444. The second-order valence-electron chi connectivity index (χ2n) is 3.31. The zero-order valence-electron chi connectivity index (χ0n) is 8.87. The van der Waals surface area contributed by atoms with Crippen LogP contribution in [0, 0.1) is 10.1 Å². The maximum Gasteiger partial charge on any atom is 0.279 e. The van der Waals surface area contributed by atoms with Crippen LogP contribution in [0.4, 0.5) is 5.69 Å². The molecule has 2 rings (SSSR count). The van der Waals surface area contributed by atoms with Gasteiger partial charge in [0, 0.05) is 12.5 Å². The smallest absolute Gasteiger partial charge is 0.279 e. The van der Waals surface area contributed by atoms with Gasteiger partial charge in [-0.3, -0.25) is 10.1 Å².